The van der Waals surface area contributed by atoms with E-state index in [-0.39, 0.29) is 26.2 Å². The number of phosphoric ester groups is 1. The minimum atomic E-state index is -4.35. The zero-order valence-corrected chi connectivity index (χ0v) is 28.0. The Hall–Kier alpha value is -0.540. The van der Waals surface area contributed by atoms with Crippen LogP contribution in [0.2, 0.25) is 0 Å². The molecule has 0 aliphatic rings. The molecule has 0 aliphatic heterocycles. The van der Waals surface area contributed by atoms with Crippen LogP contribution >= 0.6 is 7.82 Å². The highest BCUT2D eigenvalue weighted by atomic mass is 31.2. The molecule has 0 spiro atoms. The Bertz CT molecular complexity index is 656. The van der Waals surface area contributed by atoms with Gasteiger partial charge in [-0.1, -0.05) is 142 Å². The Morgan fingerprint density at radius 1 is 0.714 bits per heavy atom. The fraction of sp³-hybridized carbons (Fsp3) is 0.969. The number of phosphoric acid groups is 1. The Kier molecular flexibility index (Phi) is 28.8. The molecule has 0 aromatic heterocycles. The molecule has 6 N–H and O–H groups in total. The van der Waals surface area contributed by atoms with Gasteiger partial charge in [-0.15, -0.1) is 0 Å². The lowest BCUT2D eigenvalue weighted by Gasteiger charge is -2.25. The van der Waals surface area contributed by atoms with Crippen molar-refractivity contribution in [1.82, 2.24) is 5.32 Å². The number of carbonyl (C=O) groups is 1. The lowest BCUT2D eigenvalue weighted by Crippen LogP contribution is -2.47. The third-order valence-corrected chi connectivity index (χ3v) is 8.75. The fourth-order valence-electron chi connectivity index (χ4n) is 5.12. The summed E-state index contributed by atoms with van der Waals surface area (Å²) in [6, 6.07) is -0.887. The first-order valence-electron chi connectivity index (χ1n) is 17.2. The summed E-state index contributed by atoms with van der Waals surface area (Å²) in [7, 11) is -4.35. The van der Waals surface area contributed by atoms with E-state index in [0.29, 0.717) is 12.8 Å². The number of aliphatic hydroxyl groups excluding tert-OH is 2. The van der Waals surface area contributed by atoms with Gasteiger partial charge in [0.25, 0.3) is 0 Å². The number of aliphatic hydroxyl groups is 2. The third-order valence-electron chi connectivity index (χ3n) is 7.77. The van der Waals surface area contributed by atoms with Crippen LogP contribution in [0.5, 0.6) is 0 Å². The maximum Gasteiger partial charge on any atom is 0.472 e. The van der Waals surface area contributed by atoms with E-state index in [9.17, 15) is 24.5 Å². The summed E-state index contributed by atoms with van der Waals surface area (Å²) in [6.07, 6.45) is 22.9. The van der Waals surface area contributed by atoms with Crippen molar-refractivity contribution >= 4 is 13.7 Å². The van der Waals surface area contributed by atoms with Gasteiger partial charge in [-0.2, -0.15) is 0 Å². The SMILES string of the molecule is CCCCCCCCCCCCCC(O)C(COP(=O)(O)OCCN)NC(=O)CC(O)CCCCCCCCCCC. The zero-order valence-electron chi connectivity index (χ0n) is 27.1. The lowest BCUT2D eigenvalue weighted by molar-refractivity contribution is -0.125. The number of nitrogens with two attached hydrogens (primary N) is 1. The van der Waals surface area contributed by atoms with E-state index in [1.54, 1.807) is 0 Å². The van der Waals surface area contributed by atoms with Crippen LogP contribution in [0.4, 0.5) is 0 Å². The molecule has 9 nitrogen and oxygen atoms in total. The van der Waals surface area contributed by atoms with Crippen molar-refractivity contribution in [3.05, 3.63) is 0 Å². The van der Waals surface area contributed by atoms with Crippen LogP contribution < -0.4 is 11.1 Å². The van der Waals surface area contributed by atoms with E-state index >= 15 is 0 Å². The van der Waals surface area contributed by atoms with E-state index in [1.807, 2.05) is 0 Å². The fourth-order valence-corrected chi connectivity index (χ4v) is 5.88. The van der Waals surface area contributed by atoms with Gasteiger partial charge in [-0.05, 0) is 12.8 Å². The van der Waals surface area contributed by atoms with E-state index in [1.165, 1.54) is 89.9 Å². The Labute approximate surface area is 257 Å². The molecule has 252 valence electrons. The molecule has 0 aromatic carbocycles. The Balaban J connectivity index is 4.45. The number of amides is 1. The maximum atomic E-state index is 12.7. The standard InChI is InChI=1S/C32H67N2O7P/c1-3-5-7-9-11-13-14-16-18-20-22-24-31(36)30(28-41-42(38,39)40-26-25-33)34-32(37)27-29(35)23-21-19-17-15-12-10-8-6-4-2/h29-31,35-36H,3-28,33H2,1-2H3,(H,34,37)(H,38,39). The first-order chi connectivity index (χ1) is 20.3. The summed E-state index contributed by atoms with van der Waals surface area (Å²) >= 11 is 0. The minimum absolute atomic E-state index is 0.0619. The average molecular weight is 623 g/mol. The second-order valence-corrected chi connectivity index (χ2v) is 13.4. The minimum Gasteiger partial charge on any atom is -0.393 e. The molecule has 0 fully saturated rings. The van der Waals surface area contributed by atoms with Crippen LogP contribution in [-0.4, -0.2) is 59.0 Å². The highest BCUT2D eigenvalue weighted by Gasteiger charge is 2.28. The first kappa shape index (κ1) is 41.5. The predicted molar refractivity (Wildman–Crippen MR) is 172 cm³/mol. The topological polar surface area (TPSA) is 151 Å². The molecule has 0 rings (SSSR count). The molecule has 4 atom stereocenters. The van der Waals surface area contributed by atoms with E-state index in [2.05, 4.69) is 19.2 Å². The second kappa shape index (κ2) is 29.2. The highest BCUT2D eigenvalue weighted by Crippen LogP contribution is 2.43. The number of unbranched alkanes of at least 4 members (excludes halogenated alkanes) is 18. The lowest BCUT2D eigenvalue weighted by atomic mass is 10.0. The van der Waals surface area contributed by atoms with Gasteiger partial charge in [0.15, 0.2) is 0 Å². The number of hydrogen-bond donors (Lipinski definition) is 5. The van der Waals surface area contributed by atoms with Crippen LogP contribution in [0.1, 0.15) is 162 Å². The summed E-state index contributed by atoms with van der Waals surface area (Å²) in [5, 5.41) is 23.9. The molecular weight excluding hydrogens is 555 g/mol. The van der Waals surface area contributed by atoms with Crippen LogP contribution in [0.15, 0.2) is 0 Å². The first-order valence-corrected chi connectivity index (χ1v) is 18.7. The molecular formula is C32H67N2O7P. The smallest absolute Gasteiger partial charge is 0.393 e. The molecule has 0 aromatic rings. The molecule has 0 radical (unpaired) electrons. The van der Waals surface area contributed by atoms with Crippen molar-refractivity contribution in [2.75, 3.05) is 19.8 Å². The van der Waals surface area contributed by atoms with Gasteiger partial charge in [0.1, 0.15) is 0 Å². The van der Waals surface area contributed by atoms with Gasteiger partial charge in [-0.25, -0.2) is 4.57 Å². The van der Waals surface area contributed by atoms with Crippen molar-refractivity contribution in [3.63, 3.8) is 0 Å². The van der Waals surface area contributed by atoms with Gasteiger partial charge in [0, 0.05) is 6.54 Å². The zero-order chi connectivity index (χ0) is 31.3. The van der Waals surface area contributed by atoms with Crippen LogP contribution in [-0.2, 0) is 18.4 Å². The Morgan fingerprint density at radius 3 is 1.60 bits per heavy atom. The summed E-state index contributed by atoms with van der Waals surface area (Å²) < 4.78 is 21.9. The normalized spacial score (nSPS) is 15.3. The molecule has 0 bridgehead atoms. The van der Waals surface area contributed by atoms with Gasteiger partial charge >= 0.3 is 7.82 Å². The number of nitrogens with one attached hydrogen (secondary N) is 1. The summed E-state index contributed by atoms with van der Waals surface area (Å²) in [6.45, 7) is 3.99. The van der Waals surface area contributed by atoms with Crippen LogP contribution in [0, 0.1) is 0 Å². The molecule has 0 saturated carbocycles. The van der Waals surface area contributed by atoms with Crippen LogP contribution in [0.25, 0.3) is 0 Å². The van der Waals surface area contributed by atoms with Crippen molar-refractivity contribution in [3.8, 4) is 0 Å². The molecule has 10 heteroatoms. The molecule has 0 saturated heterocycles. The number of carbonyl (C=O) groups excluding carboxylic acids is 1. The number of rotatable bonds is 32. The Morgan fingerprint density at radius 2 is 1.14 bits per heavy atom. The van der Waals surface area contributed by atoms with Gasteiger partial charge < -0.3 is 26.2 Å². The van der Waals surface area contributed by atoms with Gasteiger partial charge in [0.2, 0.25) is 5.91 Å². The van der Waals surface area contributed by atoms with E-state index in [4.69, 9.17) is 14.8 Å². The summed E-state index contributed by atoms with van der Waals surface area (Å²) in [5.74, 6) is -0.416. The van der Waals surface area contributed by atoms with Crippen molar-refractivity contribution < 1.29 is 33.5 Å². The molecule has 0 heterocycles. The summed E-state index contributed by atoms with van der Waals surface area (Å²) in [4.78, 5) is 22.5. The van der Waals surface area contributed by atoms with Crippen molar-refractivity contribution in [1.29, 1.82) is 0 Å². The number of hydrogen-bond acceptors (Lipinski definition) is 7. The second-order valence-electron chi connectivity index (χ2n) is 11.9. The van der Waals surface area contributed by atoms with Crippen LogP contribution in [0.3, 0.4) is 0 Å². The quantitative estimate of drug-likeness (QED) is 0.0387. The highest BCUT2D eigenvalue weighted by molar-refractivity contribution is 7.47. The van der Waals surface area contributed by atoms with Crippen molar-refractivity contribution in [2.45, 2.75) is 180 Å². The largest absolute Gasteiger partial charge is 0.472 e. The molecule has 4 unspecified atom stereocenters. The summed E-state index contributed by atoms with van der Waals surface area (Å²) in [5.41, 5.74) is 5.33. The third kappa shape index (κ3) is 27.0. The van der Waals surface area contributed by atoms with Gasteiger partial charge in [-0.3, -0.25) is 13.8 Å². The van der Waals surface area contributed by atoms with E-state index < -0.39 is 32.0 Å². The van der Waals surface area contributed by atoms with Crippen molar-refractivity contribution in [2.24, 2.45) is 5.73 Å². The van der Waals surface area contributed by atoms with E-state index in [0.717, 1.165) is 38.5 Å². The molecule has 1 amide bonds. The maximum absolute atomic E-state index is 12.7. The monoisotopic (exact) mass is 622 g/mol. The molecule has 0 aliphatic carbocycles. The average Bonchev–Trinajstić information content (AvgIpc) is 2.96. The molecule has 42 heavy (non-hydrogen) atoms. The van der Waals surface area contributed by atoms with Gasteiger partial charge in [0.05, 0.1) is 37.9 Å². The predicted octanol–water partition coefficient (Wildman–Crippen LogP) is 7.30.